The standard InChI is InChI=1S/C21H21NO5S2/c1-3-25-15-8-5-6-9-16(15)27-12-18(23)22-20-19(21(24)26-4-2)14(13-29-20)17-10-7-11-28-17/h5-11,13H,3-4,12H2,1-2H3,(H,22,23). The molecule has 152 valence electrons. The summed E-state index contributed by atoms with van der Waals surface area (Å²) in [5.41, 5.74) is 1.11. The summed E-state index contributed by atoms with van der Waals surface area (Å²) in [5, 5.41) is 7.00. The molecule has 1 aromatic carbocycles. The van der Waals surface area contributed by atoms with Crippen LogP contribution in [0.3, 0.4) is 0 Å². The fourth-order valence-electron chi connectivity index (χ4n) is 2.62. The van der Waals surface area contributed by atoms with Gasteiger partial charge in [-0.2, -0.15) is 0 Å². The predicted molar refractivity (Wildman–Crippen MR) is 115 cm³/mol. The number of esters is 1. The second-order valence-corrected chi connectivity index (χ2v) is 7.60. The van der Waals surface area contributed by atoms with Gasteiger partial charge in [0.25, 0.3) is 5.91 Å². The van der Waals surface area contributed by atoms with E-state index in [1.54, 1.807) is 25.1 Å². The van der Waals surface area contributed by atoms with Gasteiger partial charge in [0, 0.05) is 15.8 Å². The number of amides is 1. The zero-order valence-corrected chi connectivity index (χ0v) is 17.7. The van der Waals surface area contributed by atoms with Crippen LogP contribution in [-0.4, -0.2) is 31.7 Å². The lowest BCUT2D eigenvalue weighted by Gasteiger charge is -2.12. The van der Waals surface area contributed by atoms with Crippen molar-refractivity contribution in [2.24, 2.45) is 0 Å². The number of thiophene rings is 2. The van der Waals surface area contributed by atoms with Crippen LogP contribution in [0.15, 0.2) is 47.2 Å². The summed E-state index contributed by atoms with van der Waals surface area (Å²) in [4.78, 5) is 25.9. The van der Waals surface area contributed by atoms with Crippen molar-refractivity contribution in [3.63, 3.8) is 0 Å². The molecular formula is C21H21NO5S2. The summed E-state index contributed by atoms with van der Waals surface area (Å²) in [7, 11) is 0. The first-order valence-electron chi connectivity index (χ1n) is 9.11. The van der Waals surface area contributed by atoms with Crippen LogP contribution in [0.2, 0.25) is 0 Å². The maximum atomic E-state index is 12.5. The van der Waals surface area contributed by atoms with Gasteiger partial charge >= 0.3 is 5.97 Å². The average Bonchev–Trinajstić information content (AvgIpc) is 3.37. The molecule has 0 fully saturated rings. The first-order valence-corrected chi connectivity index (χ1v) is 10.9. The van der Waals surface area contributed by atoms with Gasteiger partial charge in [0.05, 0.1) is 13.2 Å². The van der Waals surface area contributed by atoms with E-state index in [4.69, 9.17) is 14.2 Å². The van der Waals surface area contributed by atoms with E-state index in [2.05, 4.69) is 5.32 Å². The summed E-state index contributed by atoms with van der Waals surface area (Å²) < 4.78 is 16.3. The van der Waals surface area contributed by atoms with Crippen LogP contribution in [0.4, 0.5) is 5.00 Å². The SMILES string of the molecule is CCOC(=O)c1c(-c2cccs2)csc1NC(=O)COc1ccccc1OCC. The van der Waals surface area contributed by atoms with Gasteiger partial charge in [-0.15, -0.1) is 22.7 Å². The maximum Gasteiger partial charge on any atom is 0.341 e. The van der Waals surface area contributed by atoms with Crippen molar-refractivity contribution in [2.75, 3.05) is 25.1 Å². The fraction of sp³-hybridized carbons (Fsp3) is 0.238. The Hall–Kier alpha value is -2.84. The highest BCUT2D eigenvalue weighted by Gasteiger charge is 2.23. The Labute approximate surface area is 177 Å². The Balaban J connectivity index is 1.74. The predicted octanol–water partition coefficient (Wildman–Crippen LogP) is 5.07. The minimum absolute atomic E-state index is 0.210. The Bertz CT molecular complexity index is 965. The average molecular weight is 432 g/mol. The normalized spacial score (nSPS) is 10.4. The van der Waals surface area contributed by atoms with E-state index < -0.39 is 5.97 Å². The van der Waals surface area contributed by atoms with Gasteiger partial charge in [-0.25, -0.2) is 4.79 Å². The van der Waals surface area contributed by atoms with Crippen LogP contribution < -0.4 is 14.8 Å². The first kappa shape index (κ1) is 20.9. The van der Waals surface area contributed by atoms with Gasteiger partial charge in [0.15, 0.2) is 18.1 Å². The molecule has 0 radical (unpaired) electrons. The van der Waals surface area contributed by atoms with Crippen molar-refractivity contribution in [3.05, 3.63) is 52.7 Å². The maximum absolute atomic E-state index is 12.5. The lowest BCUT2D eigenvalue weighted by Crippen LogP contribution is -2.21. The molecule has 3 rings (SSSR count). The molecule has 0 aliphatic heterocycles. The molecule has 8 heteroatoms. The van der Waals surface area contributed by atoms with E-state index >= 15 is 0 Å². The molecule has 0 aliphatic rings. The minimum atomic E-state index is -0.463. The molecule has 0 spiro atoms. The number of para-hydroxylation sites is 2. The monoisotopic (exact) mass is 431 g/mol. The van der Waals surface area contributed by atoms with Crippen molar-refractivity contribution >= 4 is 39.6 Å². The summed E-state index contributed by atoms with van der Waals surface area (Å²) in [6.45, 7) is 4.16. The molecule has 29 heavy (non-hydrogen) atoms. The van der Waals surface area contributed by atoms with E-state index in [-0.39, 0.29) is 19.1 Å². The minimum Gasteiger partial charge on any atom is -0.490 e. The van der Waals surface area contributed by atoms with E-state index in [1.807, 2.05) is 35.9 Å². The van der Waals surface area contributed by atoms with Crippen molar-refractivity contribution in [2.45, 2.75) is 13.8 Å². The number of carbonyl (C=O) groups is 2. The second-order valence-electron chi connectivity index (χ2n) is 5.77. The Morgan fingerprint density at radius 2 is 1.72 bits per heavy atom. The zero-order valence-electron chi connectivity index (χ0n) is 16.1. The smallest absolute Gasteiger partial charge is 0.341 e. The lowest BCUT2D eigenvalue weighted by atomic mass is 10.1. The quantitative estimate of drug-likeness (QED) is 0.479. The summed E-state index contributed by atoms with van der Waals surface area (Å²) >= 11 is 2.80. The van der Waals surface area contributed by atoms with Crippen LogP contribution in [0, 0.1) is 0 Å². The van der Waals surface area contributed by atoms with E-state index in [9.17, 15) is 9.59 Å². The number of hydrogen-bond acceptors (Lipinski definition) is 7. The zero-order chi connectivity index (χ0) is 20.6. The molecule has 1 amide bonds. The van der Waals surface area contributed by atoms with Crippen molar-refractivity contribution in [1.29, 1.82) is 0 Å². The number of hydrogen-bond donors (Lipinski definition) is 1. The third-order valence-electron chi connectivity index (χ3n) is 3.82. The van der Waals surface area contributed by atoms with Crippen molar-refractivity contribution in [1.82, 2.24) is 0 Å². The lowest BCUT2D eigenvalue weighted by molar-refractivity contribution is -0.118. The number of anilines is 1. The number of ether oxygens (including phenoxy) is 3. The van der Waals surface area contributed by atoms with E-state index in [1.165, 1.54) is 22.7 Å². The molecule has 0 saturated carbocycles. The van der Waals surface area contributed by atoms with Crippen LogP contribution in [-0.2, 0) is 9.53 Å². The number of nitrogens with one attached hydrogen (secondary N) is 1. The number of benzene rings is 1. The van der Waals surface area contributed by atoms with Crippen LogP contribution >= 0.6 is 22.7 Å². The summed E-state index contributed by atoms with van der Waals surface area (Å²) in [5.74, 6) is 0.225. The van der Waals surface area contributed by atoms with E-state index in [0.29, 0.717) is 28.7 Å². The van der Waals surface area contributed by atoms with Crippen LogP contribution in [0.25, 0.3) is 10.4 Å². The molecule has 2 aromatic heterocycles. The van der Waals surface area contributed by atoms with E-state index in [0.717, 1.165) is 10.4 Å². The summed E-state index contributed by atoms with van der Waals surface area (Å²) in [6.07, 6.45) is 0. The third-order valence-corrected chi connectivity index (χ3v) is 5.62. The van der Waals surface area contributed by atoms with Gasteiger partial charge in [-0.1, -0.05) is 18.2 Å². The highest BCUT2D eigenvalue weighted by Crippen LogP contribution is 2.38. The highest BCUT2D eigenvalue weighted by molar-refractivity contribution is 7.17. The summed E-state index contributed by atoms with van der Waals surface area (Å²) in [6, 6.07) is 11.0. The molecule has 0 aliphatic carbocycles. The van der Waals surface area contributed by atoms with Crippen molar-refractivity contribution in [3.8, 4) is 21.9 Å². The Morgan fingerprint density at radius 3 is 2.38 bits per heavy atom. The topological polar surface area (TPSA) is 73.9 Å². The molecule has 3 aromatic rings. The molecular weight excluding hydrogens is 410 g/mol. The molecule has 0 atom stereocenters. The molecule has 6 nitrogen and oxygen atoms in total. The van der Waals surface area contributed by atoms with Gasteiger partial charge in [-0.3, -0.25) is 4.79 Å². The third kappa shape index (κ3) is 5.16. The molecule has 1 N–H and O–H groups in total. The van der Waals surface area contributed by atoms with Gasteiger partial charge in [0.1, 0.15) is 10.6 Å². The first-order chi connectivity index (χ1) is 14.1. The van der Waals surface area contributed by atoms with Crippen molar-refractivity contribution < 1.29 is 23.8 Å². The second kappa shape index (κ2) is 10.1. The fourth-order valence-corrected chi connectivity index (χ4v) is 4.41. The molecule has 2 heterocycles. The molecule has 0 bridgehead atoms. The Kier molecular flexibility index (Phi) is 7.26. The number of rotatable bonds is 9. The molecule has 0 saturated heterocycles. The van der Waals surface area contributed by atoms with Gasteiger partial charge < -0.3 is 19.5 Å². The van der Waals surface area contributed by atoms with Crippen LogP contribution in [0.1, 0.15) is 24.2 Å². The van der Waals surface area contributed by atoms with Gasteiger partial charge in [-0.05, 0) is 37.4 Å². The highest BCUT2D eigenvalue weighted by atomic mass is 32.1. The number of carbonyl (C=O) groups excluding carboxylic acids is 2. The largest absolute Gasteiger partial charge is 0.490 e. The van der Waals surface area contributed by atoms with Gasteiger partial charge in [0.2, 0.25) is 0 Å². The Morgan fingerprint density at radius 1 is 0.966 bits per heavy atom. The molecule has 0 unspecified atom stereocenters. The van der Waals surface area contributed by atoms with Crippen LogP contribution in [0.5, 0.6) is 11.5 Å².